The lowest BCUT2D eigenvalue weighted by molar-refractivity contribution is 0.680. The maximum absolute atomic E-state index is 5.94. The Hall–Kier alpha value is -1.35. The van der Waals surface area contributed by atoms with E-state index in [0.717, 1.165) is 11.6 Å². The molecule has 2 aliphatic carbocycles. The number of aromatic nitrogens is 1. The number of aryl methyl sites for hydroxylation is 1. The third-order valence-corrected chi connectivity index (χ3v) is 5.45. The highest BCUT2D eigenvalue weighted by Gasteiger charge is 2.29. The molecule has 1 heterocycles. The first-order valence-corrected chi connectivity index (χ1v) is 8.47. The molecule has 20 heavy (non-hydrogen) atoms. The summed E-state index contributed by atoms with van der Waals surface area (Å²) in [5.41, 5.74) is 11.9. The topological polar surface area (TPSA) is 38.9 Å². The van der Waals surface area contributed by atoms with Gasteiger partial charge in [0.1, 0.15) is 0 Å². The Morgan fingerprint density at radius 1 is 1.20 bits per heavy atom. The highest BCUT2D eigenvalue weighted by atomic mass is 32.1. The predicted molar refractivity (Wildman–Crippen MR) is 84.4 cm³/mol. The van der Waals surface area contributed by atoms with Gasteiger partial charge in [0.15, 0.2) is 5.13 Å². The van der Waals surface area contributed by atoms with E-state index in [2.05, 4.69) is 23.2 Å². The van der Waals surface area contributed by atoms with Gasteiger partial charge in [-0.05, 0) is 55.2 Å². The zero-order valence-electron chi connectivity index (χ0n) is 11.7. The fourth-order valence-electron chi connectivity index (χ4n) is 3.38. The fourth-order valence-corrected chi connectivity index (χ4v) is 4.32. The molecule has 0 radical (unpaired) electrons. The molecule has 0 amide bonds. The van der Waals surface area contributed by atoms with E-state index in [-0.39, 0.29) is 0 Å². The summed E-state index contributed by atoms with van der Waals surface area (Å²) in [5, 5.41) is 0.742. The van der Waals surface area contributed by atoms with Crippen molar-refractivity contribution in [2.45, 2.75) is 50.9 Å². The zero-order valence-corrected chi connectivity index (χ0v) is 12.5. The predicted octanol–water partition coefficient (Wildman–Crippen LogP) is 4.07. The van der Waals surface area contributed by atoms with Crippen LogP contribution in [0.4, 0.5) is 5.13 Å². The molecule has 3 heteroatoms. The van der Waals surface area contributed by atoms with Crippen LogP contribution in [0.5, 0.6) is 0 Å². The number of hydrogen-bond acceptors (Lipinski definition) is 3. The summed E-state index contributed by atoms with van der Waals surface area (Å²) in [4.78, 5) is 5.98. The molecule has 1 aromatic carbocycles. The van der Waals surface area contributed by atoms with Crippen LogP contribution < -0.4 is 5.73 Å². The highest BCUT2D eigenvalue weighted by Crippen LogP contribution is 2.44. The molecular weight excluding hydrogens is 264 g/mol. The van der Waals surface area contributed by atoms with E-state index in [9.17, 15) is 0 Å². The second kappa shape index (κ2) is 4.88. The van der Waals surface area contributed by atoms with E-state index < -0.39 is 0 Å². The fraction of sp³-hybridized carbons (Fsp3) is 0.471. The smallest absolute Gasteiger partial charge is 0.180 e. The molecule has 0 aliphatic heterocycles. The highest BCUT2D eigenvalue weighted by molar-refractivity contribution is 7.15. The van der Waals surface area contributed by atoms with Crippen LogP contribution in [0.3, 0.4) is 0 Å². The van der Waals surface area contributed by atoms with Gasteiger partial charge in [-0.1, -0.05) is 18.2 Å². The van der Waals surface area contributed by atoms with Crippen molar-refractivity contribution in [1.29, 1.82) is 0 Å². The van der Waals surface area contributed by atoms with Crippen LogP contribution in [-0.4, -0.2) is 4.98 Å². The summed E-state index contributed by atoms with van der Waals surface area (Å²) < 4.78 is 0. The maximum atomic E-state index is 5.94. The Labute approximate surface area is 124 Å². The number of nitrogens with two attached hydrogens (primary N) is 1. The van der Waals surface area contributed by atoms with Crippen LogP contribution in [0, 0.1) is 0 Å². The number of anilines is 1. The summed E-state index contributed by atoms with van der Waals surface area (Å²) in [6.45, 7) is 0. The summed E-state index contributed by atoms with van der Waals surface area (Å²) in [5.74, 6) is 0.693. The lowest BCUT2D eigenvalue weighted by Crippen LogP contribution is -2.06. The first-order chi connectivity index (χ1) is 9.81. The van der Waals surface area contributed by atoms with Crippen LogP contribution in [0.2, 0.25) is 0 Å². The standard InChI is InChI=1S/C17H20N2S/c18-17-19-16(12-8-9-12)15(20-17)10-13-6-3-5-11-4-1-2-7-14(11)13/h3,5-6,12H,1-2,4,7-10H2,(H2,18,19). The van der Waals surface area contributed by atoms with Crippen molar-refractivity contribution >= 4 is 16.5 Å². The lowest BCUT2D eigenvalue weighted by atomic mass is 9.87. The lowest BCUT2D eigenvalue weighted by Gasteiger charge is -2.19. The molecule has 2 nitrogen and oxygen atoms in total. The second-order valence-electron chi connectivity index (χ2n) is 6.07. The van der Waals surface area contributed by atoms with E-state index in [0.29, 0.717) is 5.92 Å². The Morgan fingerprint density at radius 3 is 2.90 bits per heavy atom. The molecule has 0 bridgehead atoms. The van der Waals surface area contributed by atoms with E-state index >= 15 is 0 Å². The second-order valence-corrected chi connectivity index (χ2v) is 7.19. The van der Waals surface area contributed by atoms with Crippen molar-refractivity contribution in [3.8, 4) is 0 Å². The third-order valence-electron chi connectivity index (χ3n) is 4.55. The molecule has 0 saturated heterocycles. The average Bonchev–Trinajstić information content (AvgIpc) is 3.24. The number of thiazole rings is 1. The molecule has 1 aromatic heterocycles. The van der Waals surface area contributed by atoms with Crippen molar-refractivity contribution in [2.24, 2.45) is 0 Å². The van der Waals surface area contributed by atoms with Gasteiger partial charge in [0.05, 0.1) is 5.69 Å². The zero-order chi connectivity index (χ0) is 13.5. The van der Waals surface area contributed by atoms with Gasteiger partial charge >= 0.3 is 0 Å². The van der Waals surface area contributed by atoms with Gasteiger partial charge in [-0.25, -0.2) is 4.98 Å². The number of nitrogen functional groups attached to an aromatic ring is 1. The van der Waals surface area contributed by atoms with E-state index in [1.165, 1.54) is 54.7 Å². The molecule has 1 fully saturated rings. The Bertz CT molecular complexity index is 640. The van der Waals surface area contributed by atoms with Crippen LogP contribution in [-0.2, 0) is 19.3 Å². The van der Waals surface area contributed by atoms with Gasteiger partial charge in [-0.15, -0.1) is 11.3 Å². The first kappa shape index (κ1) is 12.4. The number of nitrogens with zero attached hydrogens (tertiary/aromatic N) is 1. The first-order valence-electron chi connectivity index (χ1n) is 7.66. The molecule has 0 unspecified atom stereocenters. The number of fused-ring (bicyclic) bond motifs is 1. The Balaban J connectivity index is 1.69. The van der Waals surface area contributed by atoms with Crippen LogP contribution >= 0.6 is 11.3 Å². The van der Waals surface area contributed by atoms with Gasteiger partial charge in [0, 0.05) is 17.2 Å². The molecule has 4 rings (SSSR count). The SMILES string of the molecule is Nc1nc(C2CC2)c(Cc2cccc3c2CCCC3)s1. The summed E-state index contributed by atoms with van der Waals surface area (Å²) in [6.07, 6.45) is 8.81. The monoisotopic (exact) mass is 284 g/mol. The van der Waals surface area contributed by atoms with E-state index in [4.69, 9.17) is 5.73 Å². The van der Waals surface area contributed by atoms with Crippen molar-refractivity contribution < 1.29 is 0 Å². The average molecular weight is 284 g/mol. The third kappa shape index (κ3) is 2.24. The number of hydrogen-bond donors (Lipinski definition) is 1. The quantitative estimate of drug-likeness (QED) is 0.922. The normalized spacial score (nSPS) is 18.0. The minimum atomic E-state index is 0.693. The number of rotatable bonds is 3. The van der Waals surface area contributed by atoms with Gasteiger partial charge in [0.2, 0.25) is 0 Å². The van der Waals surface area contributed by atoms with E-state index in [1.54, 1.807) is 22.5 Å². The number of benzene rings is 1. The molecule has 1 saturated carbocycles. The Morgan fingerprint density at radius 2 is 2.05 bits per heavy atom. The van der Waals surface area contributed by atoms with Gasteiger partial charge < -0.3 is 5.73 Å². The molecule has 104 valence electrons. The largest absolute Gasteiger partial charge is 0.375 e. The minimum absolute atomic E-state index is 0.693. The van der Waals surface area contributed by atoms with Crippen molar-refractivity contribution in [3.63, 3.8) is 0 Å². The molecular formula is C17H20N2S. The van der Waals surface area contributed by atoms with Crippen molar-refractivity contribution in [2.75, 3.05) is 5.73 Å². The molecule has 0 spiro atoms. The molecule has 0 atom stereocenters. The van der Waals surface area contributed by atoms with Crippen LogP contribution in [0.25, 0.3) is 0 Å². The summed E-state index contributed by atoms with van der Waals surface area (Å²) in [6, 6.07) is 6.83. The van der Waals surface area contributed by atoms with Gasteiger partial charge in [-0.2, -0.15) is 0 Å². The summed E-state index contributed by atoms with van der Waals surface area (Å²) >= 11 is 1.69. The maximum Gasteiger partial charge on any atom is 0.180 e. The van der Waals surface area contributed by atoms with Crippen molar-refractivity contribution in [3.05, 3.63) is 45.5 Å². The molecule has 2 aliphatic rings. The molecule has 2 N–H and O–H groups in total. The van der Waals surface area contributed by atoms with Crippen LogP contribution in [0.1, 0.15) is 58.9 Å². The van der Waals surface area contributed by atoms with Gasteiger partial charge in [0.25, 0.3) is 0 Å². The van der Waals surface area contributed by atoms with Crippen LogP contribution in [0.15, 0.2) is 18.2 Å². The summed E-state index contributed by atoms with van der Waals surface area (Å²) in [7, 11) is 0. The molecule has 2 aromatic rings. The Kier molecular flexibility index (Phi) is 3.03. The van der Waals surface area contributed by atoms with Crippen molar-refractivity contribution in [1.82, 2.24) is 4.98 Å². The van der Waals surface area contributed by atoms with Gasteiger partial charge in [-0.3, -0.25) is 0 Å². The van der Waals surface area contributed by atoms with E-state index in [1.807, 2.05) is 0 Å². The minimum Gasteiger partial charge on any atom is -0.375 e.